The molecule has 0 spiro atoms. The first kappa shape index (κ1) is 18.3. The summed E-state index contributed by atoms with van der Waals surface area (Å²) in [4.78, 5) is 17.0. The zero-order valence-corrected chi connectivity index (χ0v) is 16.0. The van der Waals surface area contributed by atoms with Crippen LogP contribution in [0.5, 0.6) is 0 Å². The summed E-state index contributed by atoms with van der Waals surface area (Å²) in [5, 5.41) is 4.15. The topological polar surface area (TPSA) is 100 Å². The molecule has 146 valence electrons. The molecule has 2 aromatic heterocycles. The maximum atomic E-state index is 12.7. The average molecular weight is 399 g/mol. The standard InChI is InChI=1S/C19H21N5O3S/c25-19(23-8-1-2-9-23)18-12-17(13-20-18)28(26,27)22-16-6-3-5-15(11-16)14-24-10-4-7-21-24/h3-7,10-13,20,22H,1-2,8-9,14H2. The highest BCUT2D eigenvalue weighted by atomic mass is 32.2. The van der Waals surface area contributed by atoms with Crippen molar-refractivity contribution in [3.8, 4) is 0 Å². The van der Waals surface area contributed by atoms with Crippen molar-refractivity contribution in [2.24, 2.45) is 0 Å². The van der Waals surface area contributed by atoms with Crippen molar-refractivity contribution >= 4 is 21.6 Å². The van der Waals surface area contributed by atoms with E-state index in [2.05, 4.69) is 14.8 Å². The Hall–Kier alpha value is -3.07. The number of nitrogens with one attached hydrogen (secondary N) is 2. The predicted octanol–water partition coefficient (Wildman–Crippen LogP) is 2.30. The SMILES string of the molecule is O=C(c1cc(S(=O)(=O)Nc2cccc(Cn3cccn3)c2)c[nH]1)N1CCCC1. The maximum absolute atomic E-state index is 12.7. The number of hydrogen-bond acceptors (Lipinski definition) is 4. The summed E-state index contributed by atoms with van der Waals surface area (Å²) in [6.07, 6.45) is 6.84. The van der Waals surface area contributed by atoms with Crippen LogP contribution in [0.25, 0.3) is 0 Å². The quantitative estimate of drug-likeness (QED) is 0.664. The number of aromatic nitrogens is 3. The lowest BCUT2D eigenvalue weighted by atomic mass is 10.2. The number of anilines is 1. The monoisotopic (exact) mass is 399 g/mol. The number of sulfonamides is 1. The normalized spacial score (nSPS) is 14.4. The summed E-state index contributed by atoms with van der Waals surface area (Å²) in [6, 6.07) is 10.4. The van der Waals surface area contributed by atoms with Crippen molar-refractivity contribution in [2.75, 3.05) is 17.8 Å². The smallest absolute Gasteiger partial charge is 0.270 e. The molecule has 3 aromatic rings. The molecule has 9 heteroatoms. The first-order chi connectivity index (χ1) is 13.5. The Labute approximate surface area is 163 Å². The molecule has 0 saturated carbocycles. The number of likely N-dealkylation sites (tertiary alicyclic amines) is 1. The average Bonchev–Trinajstić information content (AvgIpc) is 3.43. The lowest BCUT2D eigenvalue weighted by Crippen LogP contribution is -2.27. The third-order valence-corrected chi connectivity index (χ3v) is 6.03. The summed E-state index contributed by atoms with van der Waals surface area (Å²) in [6.45, 7) is 1.96. The molecule has 8 nitrogen and oxygen atoms in total. The van der Waals surface area contributed by atoms with Crippen LogP contribution < -0.4 is 4.72 Å². The van der Waals surface area contributed by atoms with Gasteiger partial charge >= 0.3 is 0 Å². The van der Waals surface area contributed by atoms with Crippen LogP contribution in [0, 0.1) is 0 Å². The summed E-state index contributed by atoms with van der Waals surface area (Å²) < 4.78 is 29.8. The van der Waals surface area contributed by atoms with Crippen molar-refractivity contribution in [3.63, 3.8) is 0 Å². The second-order valence-corrected chi connectivity index (χ2v) is 8.44. The van der Waals surface area contributed by atoms with Gasteiger partial charge in [-0.05, 0) is 42.7 Å². The number of carbonyl (C=O) groups excluding carboxylic acids is 1. The summed E-state index contributed by atoms with van der Waals surface area (Å²) >= 11 is 0. The van der Waals surface area contributed by atoms with Crippen LogP contribution in [-0.4, -0.2) is 47.1 Å². The van der Waals surface area contributed by atoms with E-state index in [1.165, 1.54) is 12.3 Å². The number of benzene rings is 1. The third-order valence-electron chi connectivity index (χ3n) is 4.67. The van der Waals surface area contributed by atoms with E-state index in [-0.39, 0.29) is 16.5 Å². The van der Waals surface area contributed by atoms with Gasteiger partial charge in [-0.15, -0.1) is 0 Å². The molecule has 2 N–H and O–H groups in total. The zero-order chi connectivity index (χ0) is 19.6. The molecule has 1 amide bonds. The van der Waals surface area contributed by atoms with Gasteiger partial charge in [-0.1, -0.05) is 12.1 Å². The van der Waals surface area contributed by atoms with Gasteiger partial charge in [-0.3, -0.25) is 14.2 Å². The van der Waals surface area contributed by atoms with E-state index in [1.807, 2.05) is 18.3 Å². The number of aromatic amines is 1. The van der Waals surface area contributed by atoms with Gasteiger partial charge in [0.2, 0.25) is 0 Å². The van der Waals surface area contributed by atoms with Crippen molar-refractivity contribution in [1.29, 1.82) is 0 Å². The molecule has 28 heavy (non-hydrogen) atoms. The van der Waals surface area contributed by atoms with Crippen molar-refractivity contribution in [3.05, 3.63) is 66.2 Å². The predicted molar refractivity (Wildman–Crippen MR) is 105 cm³/mol. The van der Waals surface area contributed by atoms with Gasteiger partial charge in [0.1, 0.15) is 10.6 Å². The molecule has 0 bridgehead atoms. The number of amides is 1. The van der Waals surface area contributed by atoms with Gasteiger partial charge in [0.05, 0.1) is 6.54 Å². The molecular formula is C19H21N5O3S. The van der Waals surface area contributed by atoms with Crippen molar-refractivity contribution in [1.82, 2.24) is 19.7 Å². The van der Waals surface area contributed by atoms with E-state index < -0.39 is 10.0 Å². The molecule has 0 unspecified atom stereocenters. The highest BCUT2D eigenvalue weighted by molar-refractivity contribution is 7.92. The molecule has 1 aliphatic rings. The lowest BCUT2D eigenvalue weighted by Gasteiger charge is -2.13. The van der Waals surface area contributed by atoms with Gasteiger partial charge in [0.15, 0.2) is 0 Å². The Morgan fingerprint density at radius 3 is 2.75 bits per heavy atom. The molecule has 0 radical (unpaired) electrons. The van der Waals surface area contributed by atoms with E-state index in [9.17, 15) is 13.2 Å². The van der Waals surface area contributed by atoms with Crippen LogP contribution in [0.4, 0.5) is 5.69 Å². The zero-order valence-electron chi connectivity index (χ0n) is 15.2. The second kappa shape index (κ2) is 7.51. The first-order valence-corrected chi connectivity index (χ1v) is 10.6. The number of H-pyrrole nitrogens is 1. The fourth-order valence-corrected chi connectivity index (χ4v) is 4.31. The van der Waals surface area contributed by atoms with E-state index in [1.54, 1.807) is 34.0 Å². The van der Waals surface area contributed by atoms with E-state index in [0.717, 1.165) is 18.4 Å². The van der Waals surface area contributed by atoms with Crippen molar-refractivity contribution in [2.45, 2.75) is 24.3 Å². The minimum Gasteiger partial charge on any atom is -0.356 e. The largest absolute Gasteiger partial charge is 0.356 e. The fraction of sp³-hybridized carbons (Fsp3) is 0.263. The summed E-state index contributed by atoms with van der Waals surface area (Å²) in [5.41, 5.74) is 1.66. The molecule has 1 saturated heterocycles. The van der Waals surface area contributed by atoms with Crippen LogP contribution in [0.2, 0.25) is 0 Å². The molecule has 0 aliphatic carbocycles. The molecule has 1 fully saturated rings. The minimum absolute atomic E-state index is 0.0347. The Bertz CT molecular complexity index is 1070. The highest BCUT2D eigenvalue weighted by Crippen LogP contribution is 2.20. The Morgan fingerprint density at radius 1 is 1.18 bits per heavy atom. The van der Waals surface area contributed by atoms with E-state index in [0.29, 0.717) is 25.3 Å². The van der Waals surface area contributed by atoms with Gasteiger partial charge in [-0.25, -0.2) is 8.42 Å². The second-order valence-electron chi connectivity index (χ2n) is 6.76. The third kappa shape index (κ3) is 3.94. The van der Waals surface area contributed by atoms with E-state index in [4.69, 9.17) is 0 Å². The van der Waals surface area contributed by atoms with Crippen LogP contribution in [-0.2, 0) is 16.6 Å². The number of carbonyl (C=O) groups is 1. The fourth-order valence-electron chi connectivity index (χ4n) is 3.27. The van der Waals surface area contributed by atoms with Crippen LogP contribution in [0.15, 0.2) is 59.9 Å². The molecule has 3 heterocycles. The summed E-state index contributed by atoms with van der Waals surface area (Å²) in [5.74, 6) is -0.167. The van der Waals surface area contributed by atoms with Crippen LogP contribution in [0.1, 0.15) is 28.9 Å². The Balaban J connectivity index is 1.49. The molecule has 1 aromatic carbocycles. The van der Waals surface area contributed by atoms with Gasteiger partial charge < -0.3 is 9.88 Å². The summed E-state index contributed by atoms with van der Waals surface area (Å²) in [7, 11) is -3.80. The van der Waals surface area contributed by atoms with E-state index >= 15 is 0 Å². The number of hydrogen-bond donors (Lipinski definition) is 2. The lowest BCUT2D eigenvalue weighted by molar-refractivity contribution is 0.0787. The Morgan fingerprint density at radius 2 is 2.00 bits per heavy atom. The number of rotatable bonds is 6. The maximum Gasteiger partial charge on any atom is 0.270 e. The van der Waals surface area contributed by atoms with Gasteiger partial charge in [0, 0.05) is 37.4 Å². The van der Waals surface area contributed by atoms with Crippen molar-refractivity contribution < 1.29 is 13.2 Å². The first-order valence-electron chi connectivity index (χ1n) is 9.08. The highest BCUT2D eigenvalue weighted by Gasteiger charge is 2.23. The van der Waals surface area contributed by atoms with Gasteiger partial charge in [0.25, 0.3) is 15.9 Å². The minimum atomic E-state index is -3.80. The molecule has 1 aliphatic heterocycles. The number of nitrogens with zero attached hydrogens (tertiary/aromatic N) is 3. The molecular weight excluding hydrogens is 378 g/mol. The van der Waals surface area contributed by atoms with Crippen LogP contribution in [0.3, 0.4) is 0 Å². The van der Waals surface area contributed by atoms with Gasteiger partial charge in [-0.2, -0.15) is 5.10 Å². The molecule has 0 atom stereocenters. The Kier molecular flexibility index (Phi) is 4.91. The van der Waals surface area contributed by atoms with Crippen LogP contribution >= 0.6 is 0 Å². The molecule has 4 rings (SSSR count).